The highest BCUT2D eigenvalue weighted by Gasteiger charge is 2.22. The molecule has 1 amide bonds. The van der Waals surface area contributed by atoms with E-state index in [1.54, 1.807) is 30.6 Å². The summed E-state index contributed by atoms with van der Waals surface area (Å²) >= 11 is 0. The van der Waals surface area contributed by atoms with Gasteiger partial charge >= 0.3 is 0 Å². The zero-order chi connectivity index (χ0) is 20.8. The van der Waals surface area contributed by atoms with Gasteiger partial charge in [0.15, 0.2) is 0 Å². The second kappa shape index (κ2) is 9.48. The van der Waals surface area contributed by atoms with Crippen LogP contribution in [0.25, 0.3) is 11.3 Å². The Morgan fingerprint density at radius 3 is 2.73 bits per heavy atom. The lowest BCUT2D eigenvalue weighted by molar-refractivity contribution is 0.0919. The number of aromatic nitrogens is 3. The minimum atomic E-state index is -0.0735. The average molecular weight is 402 g/mol. The molecule has 1 aliphatic rings. The molecule has 1 aromatic carbocycles. The van der Waals surface area contributed by atoms with E-state index in [1.807, 2.05) is 24.3 Å². The monoisotopic (exact) mass is 402 g/mol. The van der Waals surface area contributed by atoms with Crippen molar-refractivity contribution in [3.05, 3.63) is 66.7 Å². The van der Waals surface area contributed by atoms with Crippen molar-refractivity contribution in [1.82, 2.24) is 20.3 Å². The highest BCUT2D eigenvalue weighted by molar-refractivity contribution is 5.94. The summed E-state index contributed by atoms with van der Waals surface area (Å²) in [5.74, 6) is 1.48. The summed E-state index contributed by atoms with van der Waals surface area (Å²) in [7, 11) is 0. The number of nitrogens with zero attached hydrogens (tertiary/aromatic N) is 3. The van der Waals surface area contributed by atoms with Gasteiger partial charge in [-0.3, -0.25) is 4.79 Å². The van der Waals surface area contributed by atoms with E-state index in [0.717, 1.165) is 11.3 Å². The Morgan fingerprint density at radius 2 is 1.93 bits per heavy atom. The van der Waals surface area contributed by atoms with Gasteiger partial charge in [0.1, 0.15) is 12.1 Å². The molecule has 1 fully saturated rings. The highest BCUT2D eigenvalue weighted by atomic mass is 16.5. The minimum Gasteiger partial charge on any atom is -0.438 e. The summed E-state index contributed by atoms with van der Waals surface area (Å²) in [5.41, 5.74) is 2.07. The first-order valence-corrected chi connectivity index (χ1v) is 10.5. The van der Waals surface area contributed by atoms with E-state index in [1.165, 1.54) is 38.4 Å². The van der Waals surface area contributed by atoms with Gasteiger partial charge in [0.05, 0.1) is 11.3 Å². The van der Waals surface area contributed by atoms with Crippen molar-refractivity contribution in [3.63, 3.8) is 0 Å². The Hall–Kier alpha value is -3.28. The van der Waals surface area contributed by atoms with Gasteiger partial charge in [-0.15, -0.1) is 0 Å². The number of ether oxygens (including phenoxy) is 1. The molecule has 30 heavy (non-hydrogen) atoms. The van der Waals surface area contributed by atoms with Crippen LogP contribution in [0.3, 0.4) is 0 Å². The molecule has 0 bridgehead atoms. The van der Waals surface area contributed by atoms with Gasteiger partial charge in [-0.25, -0.2) is 15.0 Å². The Balaban J connectivity index is 1.48. The van der Waals surface area contributed by atoms with Crippen molar-refractivity contribution in [2.45, 2.75) is 45.1 Å². The van der Waals surface area contributed by atoms with Crippen LogP contribution < -0.4 is 10.1 Å². The van der Waals surface area contributed by atoms with Crippen LogP contribution in [0.15, 0.2) is 61.2 Å². The predicted molar refractivity (Wildman–Crippen MR) is 115 cm³/mol. The van der Waals surface area contributed by atoms with E-state index < -0.39 is 0 Å². The average Bonchev–Trinajstić information content (AvgIpc) is 2.81. The molecule has 0 spiro atoms. The number of hydrogen-bond donors (Lipinski definition) is 1. The van der Waals surface area contributed by atoms with Gasteiger partial charge in [0.2, 0.25) is 5.88 Å². The summed E-state index contributed by atoms with van der Waals surface area (Å²) in [6.45, 7) is 2.11. The van der Waals surface area contributed by atoms with Crippen molar-refractivity contribution in [1.29, 1.82) is 0 Å². The standard InChI is InChI=1S/C24H26N4O2/c1-17(18-7-3-2-4-8-18)28-23(29)19-9-5-10-20(15-19)30-24-21(11-6-13-26-24)22-12-14-25-16-27-22/h5-6,9-18H,2-4,7-8H2,1H3,(H,28,29). The zero-order valence-electron chi connectivity index (χ0n) is 17.1. The minimum absolute atomic E-state index is 0.0735. The van der Waals surface area contributed by atoms with Gasteiger partial charge in [0.25, 0.3) is 5.91 Å². The van der Waals surface area contributed by atoms with E-state index in [4.69, 9.17) is 4.74 Å². The van der Waals surface area contributed by atoms with Gasteiger partial charge < -0.3 is 10.1 Å². The SMILES string of the molecule is CC(NC(=O)c1cccc(Oc2ncccc2-c2ccncn2)c1)C1CCCCC1. The molecule has 0 aliphatic heterocycles. The smallest absolute Gasteiger partial charge is 0.251 e. The highest BCUT2D eigenvalue weighted by Crippen LogP contribution is 2.30. The van der Waals surface area contributed by atoms with Crippen LogP contribution in [0, 0.1) is 5.92 Å². The number of hydrogen-bond acceptors (Lipinski definition) is 5. The molecule has 0 radical (unpaired) electrons. The molecule has 2 aromatic heterocycles. The van der Waals surface area contributed by atoms with Crippen molar-refractivity contribution < 1.29 is 9.53 Å². The lowest BCUT2D eigenvalue weighted by Gasteiger charge is -2.28. The number of carbonyl (C=O) groups excluding carboxylic acids is 1. The molecule has 1 aliphatic carbocycles. The number of nitrogens with one attached hydrogen (secondary N) is 1. The molecular weight excluding hydrogens is 376 g/mol. The number of benzene rings is 1. The molecule has 1 N–H and O–H groups in total. The number of pyridine rings is 1. The van der Waals surface area contributed by atoms with Crippen LogP contribution in [0.5, 0.6) is 11.6 Å². The first-order chi connectivity index (χ1) is 14.7. The fourth-order valence-corrected chi connectivity index (χ4v) is 3.97. The molecule has 1 unspecified atom stereocenters. The Kier molecular flexibility index (Phi) is 6.32. The number of amides is 1. The fraction of sp³-hybridized carbons (Fsp3) is 0.333. The zero-order valence-corrected chi connectivity index (χ0v) is 17.1. The van der Waals surface area contributed by atoms with E-state index >= 15 is 0 Å². The maximum atomic E-state index is 12.8. The molecule has 4 rings (SSSR count). The van der Waals surface area contributed by atoms with Crippen LogP contribution in [0.1, 0.15) is 49.4 Å². The van der Waals surface area contributed by atoms with E-state index in [2.05, 4.69) is 27.2 Å². The van der Waals surface area contributed by atoms with Crippen molar-refractivity contribution >= 4 is 5.91 Å². The van der Waals surface area contributed by atoms with Crippen LogP contribution in [-0.2, 0) is 0 Å². The Labute approximate surface area is 176 Å². The van der Waals surface area contributed by atoms with Crippen molar-refractivity contribution in [2.75, 3.05) is 0 Å². The van der Waals surface area contributed by atoms with E-state index in [0.29, 0.717) is 23.1 Å². The second-order valence-electron chi connectivity index (χ2n) is 7.74. The van der Waals surface area contributed by atoms with Gasteiger partial charge in [-0.05, 0) is 62.1 Å². The first-order valence-electron chi connectivity index (χ1n) is 10.5. The topological polar surface area (TPSA) is 77.0 Å². The van der Waals surface area contributed by atoms with Crippen LogP contribution in [0.2, 0.25) is 0 Å². The largest absolute Gasteiger partial charge is 0.438 e. The van der Waals surface area contributed by atoms with Crippen molar-refractivity contribution in [2.24, 2.45) is 5.92 Å². The van der Waals surface area contributed by atoms with Crippen molar-refractivity contribution in [3.8, 4) is 22.9 Å². The molecule has 0 saturated heterocycles. The Morgan fingerprint density at radius 1 is 1.07 bits per heavy atom. The predicted octanol–water partition coefficient (Wildman–Crippen LogP) is 5.03. The van der Waals surface area contributed by atoms with E-state index in [-0.39, 0.29) is 11.9 Å². The Bertz CT molecular complexity index is 987. The van der Waals surface area contributed by atoms with E-state index in [9.17, 15) is 4.79 Å². The van der Waals surface area contributed by atoms with Crippen LogP contribution in [-0.4, -0.2) is 26.9 Å². The summed E-state index contributed by atoms with van der Waals surface area (Å²) in [4.78, 5) is 25.4. The molecule has 2 heterocycles. The lowest BCUT2D eigenvalue weighted by atomic mass is 9.84. The van der Waals surface area contributed by atoms with Crippen LogP contribution in [0.4, 0.5) is 0 Å². The molecule has 1 atom stereocenters. The maximum Gasteiger partial charge on any atom is 0.251 e. The van der Waals surface area contributed by atoms with Crippen LogP contribution >= 0.6 is 0 Å². The molecular formula is C24H26N4O2. The number of carbonyl (C=O) groups is 1. The fourth-order valence-electron chi connectivity index (χ4n) is 3.97. The number of rotatable bonds is 6. The molecule has 1 saturated carbocycles. The normalized spacial score (nSPS) is 15.4. The third-order valence-electron chi connectivity index (χ3n) is 5.66. The second-order valence-corrected chi connectivity index (χ2v) is 7.74. The van der Waals surface area contributed by atoms with Gasteiger partial charge in [-0.2, -0.15) is 0 Å². The summed E-state index contributed by atoms with van der Waals surface area (Å²) < 4.78 is 6.02. The summed E-state index contributed by atoms with van der Waals surface area (Å²) in [6, 6.07) is 12.9. The third kappa shape index (κ3) is 4.82. The van der Waals surface area contributed by atoms with Gasteiger partial charge in [-0.1, -0.05) is 25.3 Å². The molecule has 6 nitrogen and oxygen atoms in total. The van der Waals surface area contributed by atoms with Gasteiger partial charge in [0, 0.05) is 24.0 Å². The quantitative estimate of drug-likeness (QED) is 0.626. The summed E-state index contributed by atoms with van der Waals surface area (Å²) in [6.07, 6.45) is 11.0. The molecule has 6 heteroatoms. The third-order valence-corrected chi connectivity index (χ3v) is 5.66. The maximum absolute atomic E-state index is 12.8. The molecule has 154 valence electrons. The lowest BCUT2D eigenvalue weighted by Crippen LogP contribution is -2.38. The first kappa shape index (κ1) is 20.0. The summed E-state index contributed by atoms with van der Waals surface area (Å²) in [5, 5.41) is 3.17. The molecule has 3 aromatic rings.